The first-order valence-electron chi connectivity index (χ1n) is 7.39. The Hall–Kier alpha value is -1.66. The smallest absolute Gasteiger partial charge is 0.242 e. The van der Waals surface area contributed by atoms with E-state index in [2.05, 4.69) is 17.5 Å². The number of carbonyl (C=O) groups is 1. The minimum Gasteiger partial charge on any atom is -0.326 e. The summed E-state index contributed by atoms with van der Waals surface area (Å²) in [6.07, 6.45) is 6.35. The van der Waals surface area contributed by atoms with Crippen molar-refractivity contribution in [2.24, 2.45) is 17.8 Å². The topological polar surface area (TPSA) is 66.5 Å². The van der Waals surface area contributed by atoms with Gasteiger partial charge in [-0.3, -0.25) is 4.79 Å². The quantitative estimate of drug-likeness (QED) is 0.864. The first-order valence-corrected chi connectivity index (χ1v) is 8.84. The number of rotatable bonds is 4. The highest BCUT2D eigenvalue weighted by Gasteiger charge is 2.39. The number of anilines is 1. The average Bonchev–Trinajstić information content (AvgIpc) is 3.10. The number of fused-ring (bicyclic) bond motifs is 2. The normalized spacial score (nSPS) is 26.6. The van der Waals surface area contributed by atoms with Crippen LogP contribution in [0, 0.1) is 17.8 Å². The summed E-state index contributed by atoms with van der Waals surface area (Å²) >= 11 is 0. The van der Waals surface area contributed by atoms with Crippen molar-refractivity contribution in [3.63, 3.8) is 0 Å². The second kappa shape index (κ2) is 5.52. The van der Waals surface area contributed by atoms with Gasteiger partial charge in [-0.15, -0.1) is 0 Å². The van der Waals surface area contributed by atoms with Gasteiger partial charge >= 0.3 is 0 Å². The van der Waals surface area contributed by atoms with Gasteiger partial charge in [-0.05, 0) is 48.9 Å². The predicted octanol–water partition coefficient (Wildman–Crippen LogP) is 2.09. The molecule has 0 aliphatic heterocycles. The van der Waals surface area contributed by atoms with E-state index in [0.29, 0.717) is 17.5 Å². The van der Waals surface area contributed by atoms with Crippen LogP contribution in [-0.4, -0.2) is 32.7 Å². The molecule has 5 nitrogen and oxygen atoms in total. The molecule has 1 aromatic rings. The second-order valence-corrected chi connectivity index (χ2v) is 8.34. The maximum Gasteiger partial charge on any atom is 0.242 e. The number of benzene rings is 1. The van der Waals surface area contributed by atoms with E-state index in [9.17, 15) is 13.2 Å². The van der Waals surface area contributed by atoms with Crippen molar-refractivity contribution in [1.29, 1.82) is 0 Å². The van der Waals surface area contributed by atoms with Crippen molar-refractivity contribution in [2.45, 2.75) is 17.7 Å². The van der Waals surface area contributed by atoms with Gasteiger partial charge in [0.25, 0.3) is 0 Å². The lowest BCUT2D eigenvalue weighted by Gasteiger charge is -2.18. The summed E-state index contributed by atoms with van der Waals surface area (Å²) in [6, 6.07) is 6.31. The zero-order valence-electron chi connectivity index (χ0n) is 12.7. The molecule has 1 fully saturated rings. The molecular formula is C16H20N2O3S. The molecule has 1 saturated carbocycles. The highest BCUT2D eigenvalue weighted by Crippen LogP contribution is 2.43. The maximum atomic E-state index is 12.3. The van der Waals surface area contributed by atoms with Crippen LogP contribution < -0.4 is 5.32 Å². The van der Waals surface area contributed by atoms with Crippen molar-refractivity contribution in [3.05, 3.63) is 36.4 Å². The van der Waals surface area contributed by atoms with Gasteiger partial charge in [-0.2, -0.15) is 0 Å². The van der Waals surface area contributed by atoms with Crippen molar-refractivity contribution in [3.8, 4) is 0 Å². The van der Waals surface area contributed by atoms with E-state index in [1.54, 1.807) is 12.1 Å². The van der Waals surface area contributed by atoms with E-state index in [1.165, 1.54) is 30.5 Å². The molecule has 0 aromatic heterocycles. The van der Waals surface area contributed by atoms with E-state index in [-0.39, 0.29) is 16.7 Å². The van der Waals surface area contributed by atoms with Gasteiger partial charge < -0.3 is 5.32 Å². The number of hydrogen-bond acceptors (Lipinski definition) is 3. The van der Waals surface area contributed by atoms with Crippen molar-refractivity contribution < 1.29 is 13.2 Å². The van der Waals surface area contributed by atoms with E-state index < -0.39 is 10.0 Å². The number of nitrogens with zero attached hydrogens (tertiary/aromatic N) is 1. The number of amides is 1. The molecule has 3 rings (SSSR count). The number of allylic oxidation sites excluding steroid dienone is 2. The molecule has 2 aliphatic carbocycles. The molecule has 0 heterocycles. The Bertz CT molecular complexity index is 707. The summed E-state index contributed by atoms with van der Waals surface area (Å²) in [4.78, 5) is 12.5. The molecule has 1 aromatic carbocycles. The highest BCUT2D eigenvalue weighted by atomic mass is 32.2. The van der Waals surface area contributed by atoms with Crippen LogP contribution in [0.2, 0.25) is 0 Å². The Kier molecular flexibility index (Phi) is 3.82. The van der Waals surface area contributed by atoms with Crippen LogP contribution in [0.5, 0.6) is 0 Å². The summed E-state index contributed by atoms with van der Waals surface area (Å²) in [5.74, 6) is 0.979. The third-order valence-corrected chi connectivity index (χ3v) is 6.35. The molecule has 22 heavy (non-hydrogen) atoms. The molecule has 118 valence electrons. The van der Waals surface area contributed by atoms with Crippen LogP contribution in [0.3, 0.4) is 0 Å². The van der Waals surface area contributed by atoms with Crippen molar-refractivity contribution in [2.75, 3.05) is 19.4 Å². The van der Waals surface area contributed by atoms with Crippen LogP contribution in [0.1, 0.15) is 12.8 Å². The Labute approximate surface area is 131 Å². The summed E-state index contributed by atoms with van der Waals surface area (Å²) in [6.45, 7) is 0. The summed E-state index contributed by atoms with van der Waals surface area (Å²) in [5.41, 5.74) is 0.634. The molecule has 0 spiro atoms. The lowest BCUT2D eigenvalue weighted by molar-refractivity contribution is -0.120. The SMILES string of the molecule is CN(C)S(=O)(=O)c1ccc(NC(=O)[C@H]2C[C@H]3C=C[C@H]2C3)cc1. The molecular weight excluding hydrogens is 300 g/mol. The Morgan fingerprint density at radius 3 is 2.32 bits per heavy atom. The zero-order valence-corrected chi connectivity index (χ0v) is 13.5. The summed E-state index contributed by atoms with van der Waals surface area (Å²) in [5, 5.41) is 2.90. The lowest BCUT2D eigenvalue weighted by atomic mass is 9.93. The number of carbonyl (C=O) groups excluding carboxylic acids is 1. The van der Waals surface area contributed by atoms with Crippen molar-refractivity contribution >= 4 is 21.6 Å². The van der Waals surface area contributed by atoms with E-state index >= 15 is 0 Å². The first kappa shape index (κ1) is 15.2. The molecule has 1 amide bonds. The second-order valence-electron chi connectivity index (χ2n) is 6.19. The van der Waals surface area contributed by atoms with Gasteiger partial charge in [-0.25, -0.2) is 12.7 Å². The Morgan fingerprint density at radius 1 is 1.14 bits per heavy atom. The molecule has 1 N–H and O–H groups in total. The summed E-state index contributed by atoms with van der Waals surface area (Å²) in [7, 11) is -0.446. The van der Waals surface area contributed by atoms with Gasteiger partial charge in [0.2, 0.25) is 15.9 Å². The molecule has 0 radical (unpaired) electrons. The minimum atomic E-state index is -3.43. The average molecular weight is 320 g/mol. The van der Waals surface area contributed by atoms with Crippen LogP contribution >= 0.6 is 0 Å². The van der Waals surface area contributed by atoms with E-state index in [4.69, 9.17) is 0 Å². The van der Waals surface area contributed by atoms with Crippen LogP contribution in [-0.2, 0) is 14.8 Å². The Balaban J connectivity index is 1.69. The fraction of sp³-hybridized carbons (Fsp3) is 0.438. The molecule has 6 heteroatoms. The molecule has 2 bridgehead atoms. The number of hydrogen-bond donors (Lipinski definition) is 1. The highest BCUT2D eigenvalue weighted by molar-refractivity contribution is 7.89. The number of sulfonamides is 1. The maximum absolute atomic E-state index is 12.3. The lowest BCUT2D eigenvalue weighted by Crippen LogP contribution is -2.26. The third-order valence-electron chi connectivity index (χ3n) is 4.52. The van der Waals surface area contributed by atoms with Crippen LogP contribution in [0.4, 0.5) is 5.69 Å². The van der Waals surface area contributed by atoms with Gasteiger partial charge in [-0.1, -0.05) is 12.2 Å². The summed E-state index contributed by atoms with van der Waals surface area (Å²) < 4.78 is 25.2. The molecule has 2 aliphatic rings. The minimum absolute atomic E-state index is 0.0278. The molecule has 0 saturated heterocycles. The van der Waals surface area contributed by atoms with Crippen molar-refractivity contribution in [1.82, 2.24) is 4.31 Å². The first-order chi connectivity index (χ1) is 10.4. The van der Waals surface area contributed by atoms with E-state index in [1.807, 2.05) is 0 Å². The Morgan fingerprint density at radius 2 is 1.82 bits per heavy atom. The largest absolute Gasteiger partial charge is 0.326 e. The zero-order chi connectivity index (χ0) is 15.9. The predicted molar refractivity (Wildman–Crippen MR) is 84.8 cm³/mol. The molecule has 0 unspecified atom stereocenters. The van der Waals surface area contributed by atoms with Gasteiger partial charge in [0.15, 0.2) is 0 Å². The molecule has 3 atom stereocenters. The fourth-order valence-corrected chi connectivity index (χ4v) is 4.14. The van der Waals surface area contributed by atoms with Gasteiger partial charge in [0.1, 0.15) is 0 Å². The van der Waals surface area contributed by atoms with Gasteiger partial charge in [0, 0.05) is 25.7 Å². The standard InChI is InChI=1S/C16H20N2O3S/c1-18(2)22(20,21)14-7-5-13(6-8-14)17-16(19)15-10-11-3-4-12(15)9-11/h3-8,11-12,15H,9-10H2,1-2H3,(H,17,19)/t11-,12-,15-/m0/s1. The third kappa shape index (κ3) is 2.68. The van der Waals surface area contributed by atoms with Crippen LogP contribution in [0.15, 0.2) is 41.3 Å². The van der Waals surface area contributed by atoms with Gasteiger partial charge in [0.05, 0.1) is 4.90 Å². The fourth-order valence-electron chi connectivity index (χ4n) is 3.24. The van der Waals surface area contributed by atoms with E-state index in [0.717, 1.165) is 12.8 Å². The monoisotopic (exact) mass is 320 g/mol. The van der Waals surface area contributed by atoms with Crippen LogP contribution in [0.25, 0.3) is 0 Å². The number of nitrogens with one attached hydrogen (secondary N) is 1.